The summed E-state index contributed by atoms with van der Waals surface area (Å²) in [5.74, 6) is 3.55. The predicted octanol–water partition coefficient (Wildman–Crippen LogP) is 8.16. The van der Waals surface area contributed by atoms with Crippen LogP contribution in [0.2, 0.25) is 0 Å². The van der Waals surface area contributed by atoms with Gasteiger partial charge in [0.1, 0.15) is 23.0 Å². The van der Waals surface area contributed by atoms with E-state index in [1.54, 1.807) is 0 Å². The molecule has 0 aromatic carbocycles. The first-order chi connectivity index (χ1) is 20.1. The minimum absolute atomic E-state index is 0.0565. The SMILES string of the molecule is CC1CC2CC(C)CC(C(C)(C)OC(=O)CCC(C)C3CCC4C5C(=O)CC6CC(=O)CCC6(C)C5CC(=O)C34C)(C1)C2. The Balaban J connectivity index is 1.12. The molecule has 6 saturated carbocycles. The molecule has 6 aliphatic carbocycles. The fourth-order valence-electron chi connectivity index (χ4n) is 12.8. The average Bonchev–Trinajstić information content (AvgIpc) is 3.26. The van der Waals surface area contributed by atoms with Crippen molar-refractivity contribution in [1.29, 1.82) is 0 Å². The molecule has 0 aromatic heterocycles. The van der Waals surface area contributed by atoms with Crippen LogP contribution in [-0.2, 0) is 23.9 Å². The molecule has 0 heterocycles. The molecule has 10 unspecified atom stereocenters. The minimum atomic E-state index is -0.502. The van der Waals surface area contributed by atoms with Crippen molar-refractivity contribution in [2.45, 2.75) is 144 Å². The van der Waals surface area contributed by atoms with E-state index < -0.39 is 11.0 Å². The molecule has 0 radical (unpaired) electrons. The number of esters is 1. The molecule has 0 amide bonds. The standard InChI is InChI=1S/C38H58O5/c1-22-14-25-15-23(2)20-38(19-22,21-25)35(4,5)43-33(42)11-8-24(3)28-9-10-29-34-30(18-32(41)37(28,29)7)36(6)13-12-27(39)16-26(36)17-31(34)40/h22-26,28-30,34H,8-21H2,1-7H3. The van der Waals surface area contributed by atoms with Gasteiger partial charge in [-0.3, -0.25) is 19.2 Å². The van der Waals surface area contributed by atoms with Crippen LogP contribution in [0.1, 0.15) is 138 Å². The Morgan fingerprint density at radius 2 is 1.63 bits per heavy atom. The Morgan fingerprint density at radius 3 is 2.30 bits per heavy atom. The summed E-state index contributed by atoms with van der Waals surface area (Å²) < 4.78 is 6.40. The highest BCUT2D eigenvalue weighted by molar-refractivity contribution is 5.93. The van der Waals surface area contributed by atoms with Crippen LogP contribution in [0.4, 0.5) is 0 Å². The molecule has 240 valence electrons. The molecule has 6 rings (SSSR count). The van der Waals surface area contributed by atoms with E-state index in [1.165, 1.54) is 19.3 Å². The summed E-state index contributed by atoms with van der Waals surface area (Å²) in [5.41, 5.74) is -1.00. The first kappa shape index (κ1) is 31.5. The Kier molecular flexibility index (Phi) is 7.89. The highest BCUT2D eigenvalue weighted by Crippen LogP contribution is 2.66. The molecule has 43 heavy (non-hydrogen) atoms. The summed E-state index contributed by atoms with van der Waals surface area (Å²) in [7, 11) is 0. The maximum atomic E-state index is 14.1. The molecular weight excluding hydrogens is 536 g/mol. The second-order valence-electron chi connectivity index (χ2n) is 17.9. The maximum Gasteiger partial charge on any atom is 0.306 e. The molecule has 5 heteroatoms. The van der Waals surface area contributed by atoms with E-state index in [-0.39, 0.29) is 58.1 Å². The highest BCUT2D eigenvalue weighted by Gasteiger charge is 2.66. The lowest BCUT2D eigenvalue weighted by molar-refractivity contribution is -0.187. The highest BCUT2D eigenvalue weighted by atomic mass is 16.6. The van der Waals surface area contributed by atoms with E-state index in [9.17, 15) is 19.2 Å². The van der Waals surface area contributed by atoms with Crippen LogP contribution < -0.4 is 0 Å². The number of hydrogen-bond donors (Lipinski definition) is 0. The lowest BCUT2D eigenvalue weighted by Crippen LogP contribution is -2.60. The van der Waals surface area contributed by atoms with Crippen LogP contribution in [0, 0.1) is 69.5 Å². The molecule has 0 spiro atoms. The number of hydrogen-bond acceptors (Lipinski definition) is 5. The van der Waals surface area contributed by atoms with Gasteiger partial charge in [-0.25, -0.2) is 0 Å². The number of Topliss-reactive ketones (excluding diaryl/α,β-unsaturated/α-hetero) is 3. The summed E-state index contributed by atoms with van der Waals surface area (Å²) in [6.45, 7) is 15.7. The number of ether oxygens (including phenoxy) is 1. The number of fused-ring (bicyclic) bond motifs is 7. The van der Waals surface area contributed by atoms with Gasteiger partial charge in [-0.2, -0.15) is 0 Å². The average molecular weight is 595 g/mol. The van der Waals surface area contributed by atoms with Crippen molar-refractivity contribution < 1.29 is 23.9 Å². The van der Waals surface area contributed by atoms with E-state index in [0.29, 0.717) is 55.5 Å². The van der Waals surface area contributed by atoms with Crippen molar-refractivity contribution >= 4 is 23.3 Å². The lowest BCUT2D eigenvalue weighted by atomic mass is 9.44. The third kappa shape index (κ3) is 5.00. The van der Waals surface area contributed by atoms with Gasteiger partial charge < -0.3 is 4.74 Å². The van der Waals surface area contributed by atoms with Gasteiger partial charge in [0.15, 0.2) is 0 Å². The molecule has 6 aliphatic rings. The lowest BCUT2D eigenvalue weighted by Gasteiger charge is -2.58. The van der Waals surface area contributed by atoms with Crippen molar-refractivity contribution in [2.24, 2.45) is 69.5 Å². The smallest absolute Gasteiger partial charge is 0.306 e. The fraction of sp³-hybridized carbons (Fsp3) is 0.895. The first-order valence-electron chi connectivity index (χ1n) is 17.9. The molecule has 0 aliphatic heterocycles. The van der Waals surface area contributed by atoms with E-state index in [1.807, 2.05) is 0 Å². The molecule has 0 N–H and O–H groups in total. The monoisotopic (exact) mass is 594 g/mol. The van der Waals surface area contributed by atoms with Crippen molar-refractivity contribution in [2.75, 3.05) is 0 Å². The van der Waals surface area contributed by atoms with Gasteiger partial charge in [0.25, 0.3) is 0 Å². The Morgan fingerprint density at radius 1 is 0.953 bits per heavy atom. The third-order valence-electron chi connectivity index (χ3n) is 15.0. The molecule has 0 saturated heterocycles. The van der Waals surface area contributed by atoms with Gasteiger partial charge in [-0.05, 0) is 124 Å². The number of carbonyl (C=O) groups is 4. The molecular formula is C38H58O5. The van der Waals surface area contributed by atoms with Crippen LogP contribution >= 0.6 is 0 Å². The summed E-state index contributed by atoms with van der Waals surface area (Å²) in [6, 6.07) is 0. The van der Waals surface area contributed by atoms with Gasteiger partial charge in [0.05, 0.1) is 0 Å². The van der Waals surface area contributed by atoms with Crippen LogP contribution in [-0.4, -0.2) is 28.9 Å². The number of carbonyl (C=O) groups excluding carboxylic acids is 4. The topological polar surface area (TPSA) is 77.5 Å². The zero-order valence-corrected chi connectivity index (χ0v) is 28.1. The van der Waals surface area contributed by atoms with Crippen LogP contribution in [0.25, 0.3) is 0 Å². The van der Waals surface area contributed by atoms with Gasteiger partial charge in [-0.1, -0.05) is 34.6 Å². The third-order valence-corrected chi connectivity index (χ3v) is 15.0. The van der Waals surface area contributed by atoms with E-state index in [0.717, 1.165) is 44.4 Å². The summed E-state index contributed by atoms with van der Waals surface area (Å²) >= 11 is 0. The van der Waals surface area contributed by atoms with Gasteiger partial charge >= 0.3 is 5.97 Å². The van der Waals surface area contributed by atoms with E-state index in [2.05, 4.69) is 48.5 Å². The van der Waals surface area contributed by atoms with Crippen molar-refractivity contribution in [1.82, 2.24) is 0 Å². The zero-order valence-electron chi connectivity index (χ0n) is 28.1. The number of ketones is 3. The summed E-state index contributed by atoms with van der Waals surface area (Å²) in [4.78, 5) is 53.6. The van der Waals surface area contributed by atoms with Crippen molar-refractivity contribution in [3.8, 4) is 0 Å². The van der Waals surface area contributed by atoms with Crippen molar-refractivity contribution in [3.63, 3.8) is 0 Å². The van der Waals surface area contributed by atoms with Gasteiger partial charge in [0.2, 0.25) is 0 Å². The summed E-state index contributed by atoms with van der Waals surface area (Å²) in [6.07, 6.45) is 12.0. The van der Waals surface area contributed by atoms with Crippen LogP contribution in [0.15, 0.2) is 0 Å². The maximum absolute atomic E-state index is 14.1. The molecule has 6 fully saturated rings. The largest absolute Gasteiger partial charge is 0.459 e. The van der Waals surface area contributed by atoms with Crippen molar-refractivity contribution in [3.05, 3.63) is 0 Å². The molecule has 2 bridgehead atoms. The van der Waals surface area contributed by atoms with Crippen LogP contribution in [0.3, 0.4) is 0 Å². The first-order valence-corrected chi connectivity index (χ1v) is 17.9. The minimum Gasteiger partial charge on any atom is -0.459 e. The second kappa shape index (κ2) is 10.8. The molecule has 0 aromatic rings. The predicted molar refractivity (Wildman–Crippen MR) is 167 cm³/mol. The zero-order chi connectivity index (χ0) is 31.1. The normalized spacial score (nSPS) is 46.9. The Hall–Kier alpha value is -1.52. The van der Waals surface area contributed by atoms with E-state index >= 15 is 0 Å². The van der Waals surface area contributed by atoms with Gasteiger partial charge in [-0.15, -0.1) is 0 Å². The quantitative estimate of drug-likeness (QED) is 0.290. The fourth-order valence-corrected chi connectivity index (χ4v) is 12.8. The Bertz CT molecular complexity index is 1150. The second-order valence-corrected chi connectivity index (χ2v) is 17.9. The molecule has 10 atom stereocenters. The summed E-state index contributed by atoms with van der Waals surface area (Å²) in [5, 5.41) is 0. The number of rotatable bonds is 6. The Labute approximate surface area is 260 Å². The van der Waals surface area contributed by atoms with Crippen LogP contribution in [0.5, 0.6) is 0 Å². The molecule has 5 nitrogen and oxygen atoms in total. The van der Waals surface area contributed by atoms with E-state index in [4.69, 9.17) is 4.74 Å². The van der Waals surface area contributed by atoms with Gasteiger partial charge in [0, 0.05) is 48.9 Å².